The van der Waals surface area contributed by atoms with Gasteiger partial charge >= 0.3 is 5.51 Å². The molecule has 0 saturated carbocycles. The van der Waals surface area contributed by atoms with Gasteiger partial charge in [-0.3, -0.25) is 4.68 Å². The zero-order valence-corrected chi connectivity index (χ0v) is 14.0. The molecule has 1 heterocycles. The Morgan fingerprint density at radius 1 is 0.960 bits per heavy atom. The van der Waals surface area contributed by atoms with Gasteiger partial charge in [0.15, 0.2) is 0 Å². The lowest BCUT2D eigenvalue weighted by Crippen LogP contribution is -2.04. The number of rotatable bonds is 6. The fourth-order valence-corrected chi connectivity index (χ4v) is 3.02. The fourth-order valence-electron chi connectivity index (χ4n) is 2.38. The number of aromatic nitrogens is 2. The van der Waals surface area contributed by atoms with Crippen LogP contribution in [0.1, 0.15) is 11.1 Å². The summed E-state index contributed by atoms with van der Waals surface area (Å²) in [5.41, 5.74) is -1.81. The van der Waals surface area contributed by atoms with Gasteiger partial charge in [-0.1, -0.05) is 42.5 Å². The predicted octanol–water partition coefficient (Wildman–Crippen LogP) is 5.16. The molecule has 3 rings (SSSR count). The number of alkyl halides is 3. The van der Waals surface area contributed by atoms with Crippen molar-refractivity contribution in [2.45, 2.75) is 23.5 Å². The smallest absolute Gasteiger partial charge is 0.380 e. The summed E-state index contributed by atoms with van der Waals surface area (Å²) in [7, 11) is 0. The van der Waals surface area contributed by atoms with Crippen LogP contribution in [0.4, 0.5) is 18.9 Å². The molecule has 25 heavy (non-hydrogen) atoms. The SMILES string of the molecule is FC(F)(F)Sc1ccccc1NCc1cnn(Cc2ccccc2)c1. The lowest BCUT2D eigenvalue weighted by molar-refractivity contribution is -0.0327. The zero-order chi connectivity index (χ0) is 17.7. The topological polar surface area (TPSA) is 29.9 Å². The summed E-state index contributed by atoms with van der Waals surface area (Å²) < 4.78 is 39.7. The van der Waals surface area contributed by atoms with E-state index in [0.29, 0.717) is 18.8 Å². The number of anilines is 1. The monoisotopic (exact) mass is 363 g/mol. The van der Waals surface area contributed by atoms with Crippen LogP contribution in [0.15, 0.2) is 71.9 Å². The van der Waals surface area contributed by atoms with Gasteiger partial charge in [-0.25, -0.2) is 0 Å². The summed E-state index contributed by atoms with van der Waals surface area (Å²) in [5, 5.41) is 7.35. The predicted molar refractivity (Wildman–Crippen MR) is 93.5 cm³/mol. The summed E-state index contributed by atoms with van der Waals surface area (Å²) in [6.07, 6.45) is 3.61. The Hall–Kier alpha value is -2.41. The zero-order valence-electron chi connectivity index (χ0n) is 13.2. The van der Waals surface area contributed by atoms with Crippen LogP contribution in [-0.2, 0) is 13.1 Å². The second-order valence-electron chi connectivity index (χ2n) is 5.43. The summed E-state index contributed by atoms with van der Waals surface area (Å²) in [6, 6.07) is 16.3. The molecular formula is C18H16F3N3S. The number of halogens is 3. The molecule has 0 unspecified atom stereocenters. The number of hydrogen-bond donors (Lipinski definition) is 1. The summed E-state index contributed by atoms with van der Waals surface area (Å²) in [6.45, 7) is 1.06. The minimum atomic E-state index is -4.31. The van der Waals surface area contributed by atoms with E-state index in [0.717, 1.165) is 11.1 Å². The molecule has 3 aromatic rings. The van der Waals surface area contributed by atoms with Crippen LogP contribution in [0, 0.1) is 0 Å². The van der Waals surface area contributed by atoms with E-state index in [9.17, 15) is 13.2 Å². The van der Waals surface area contributed by atoms with E-state index in [1.165, 1.54) is 6.07 Å². The fraction of sp³-hybridized carbons (Fsp3) is 0.167. The van der Waals surface area contributed by atoms with Crippen molar-refractivity contribution >= 4 is 17.4 Å². The molecule has 0 fully saturated rings. The lowest BCUT2D eigenvalue weighted by Gasteiger charge is -2.12. The summed E-state index contributed by atoms with van der Waals surface area (Å²) >= 11 is -0.114. The van der Waals surface area contributed by atoms with Crippen LogP contribution in [0.2, 0.25) is 0 Å². The van der Waals surface area contributed by atoms with Crippen molar-refractivity contribution in [3.8, 4) is 0 Å². The molecule has 0 aliphatic heterocycles. The van der Waals surface area contributed by atoms with Crippen molar-refractivity contribution in [2.75, 3.05) is 5.32 Å². The molecule has 1 N–H and O–H groups in total. The number of benzene rings is 2. The van der Waals surface area contributed by atoms with Crippen molar-refractivity contribution < 1.29 is 13.2 Å². The van der Waals surface area contributed by atoms with Gasteiger partial charge < -0.3 is 5.32 Å². The van der Waals surface area contributed by atoms with Crippen LogP contribution in [0.25, 0.3) is 0 Å². The quantitative estimate of drug-likeness (QED) is 0.614. The highest BCUT2D eigenvalue weighted by molar-refractivity contribution is 8.00. The van der Waals surface area contributed by atoms with Gasteiger partial charge in [0, 0.05) is 28.9 Å². The second kappa shape index (κ2) is 7.65. The second-order valence-corrected chi connectivity index (χ2v) is 6.54. The molecule has 7 heteroatoms. The Morgan fingerprint density at radius 3 is 2.44 bits per heavy atom. The van der Waals surface area contributed by atoms with Crippen molar-refractivity contribution in [1.29, 1.82) is 0 Å². The third kappa shape index (κ3) is 5.29. The molecule has 0 amide bonds. The minimum absolute atomic E-state index is 0.114. The lowest BCUT2D eigenvalue weighted by atomic mass is 10.2. The van der Waals surface area contributed by atoms with Crippen molar-refractivity contribution in [3.63, 3.8) is 0 Å². The number of hydrogen-bond acceptors (Lipinski definition) is 3. The Kier molecular flexibility index (Phi) is 5.33. The highest BCUT2D eigenvalue weighted by Gasteiger charge is 2.30. The Morgan fingerprint density at radius 2 is 1.68 bits per heavy atom. The van der Waals surface area contributed by atoms with Crippen molar-refractivity contribution in [2.24, 2.45) is 0 Å². The van der Waals surface area contributed by atoms with Crippen LogP contribution < -0.4 is 5.32 Å². The van der Waals surface area contributed by atoms with E-state index < -0.39 is 5.51 Å². The normalized spacial score (nSPS) is 11.5. The molecule has 0 bridgehead atoms. The first-order valence-electron chi connectivity index (χ1n) is 7.63. The molecule has 0 atom stereocenters. The summed E-state index contributed by atoms with van der Waals surface area (Å²) in [5.74, 6) is 0. The third-order valence-electron chi connectivity index (χ3n) is 3.47. The Bertz CT molecular complexity index is 816. The molecule has 0 aliphatic rings. The maximum atomic E-state index is 12.6. The molecule has 1 aromatic heterocycles. The minimum Gasteiger partial charge on any atom is -0.380 e. The molecule has 3 nitrogen and oxygen atoms in total. The first-order chi connectivity index (χ1) is 12.0. The number of para-hydroxylation sites is 1. The van der Waals surface area contributed by atoms with Crippen LogP contribution in [0.3, 0.4) is 0 Å². The average Bonchev–Trinajstić information content (AvgIpc) is 3.01. The summed E-state index contributed by atoms with van der Waals surface area (Å²) in [4.78, 5) is 0.159. The highest BCUT2D eigenvalue weighted by Crippen LogP contribution is 2.40. The highest BCUT2D eigenvalue weighted by atomic mass is 32.2. The largest absolute Gasteiger partial charge is 0.446 e. The van der Waals surface area contributed by atoms with Crippen LogP contribution >= 0.6 is 11.8 Å². The van der Waals surface area contributed by atoms with E-state index in [1.807, 2.05) is 41.2 Å². The van der Waals surface area contributed by atoms with Gasteiger partial charge in [0.1, 0.15) is 0 Å². The van der Waals surface area contributed by atoms with Gasteiger partial charge in [-0.05, 0) is 29.5 Å². The van der Waals surface area contributed by atoms with E-state index in [4.69, 9.17) is 0 Å². The third-order valence-corrected chi connectivity index (χ3v) is 4.28. The molecule has 0 spiro atoms. The van der Waals surface area contributed by atoms with Gasteiger partial charge in [-0.2, -0.15) is 18.3 Å². The average molecular weight is 363 g/mol. The first kappa shape index (κ1) is 17.4. The van der Waals surface area contributed by atoms with Gasteiger partial charge in [0.05, 0.1) is 12.7 Å². The number of nitrogens with one attached hydrogen (secondary N) is 1. The maximum absolute atomic E-state index is 12.6. The molecular weight excluding hydrogens is 347 g/mol. The van der Waals surface area contributed by atoms with E-state index in [-0.39, 0.29) is 16.7 Å². The van der Waals surface area contributed by atoms with E-state index in [2.05, 4.69) is 10.4 Å². The molecule has 2 aromatic carbocycles. The molecule has 0 saturated heterocycles. The van der Waals surface area contributed by atoms with Gasteiger partial charge in [0.25, 0.3) is 0 Å². The first-order valence-corrected chi connectivity index (χ1v) is 8.45. The molecule has 0 radical (unpaired) electrons. The van der Waals surface area contributed by atoms with Crippen LogP contribution in [0.5, 0.6) is 0 Å². The van der Waals surface area contributed by atoms with Gasteiger partial charge in [-0.15, -0.1) is 0 Å². The van der Waals surface area contributed by atoms with E-state index >= 15 is 0 Å². The number of thioether (sulfide) groups is 1. The van der Waals surface area contributed by atoms with Crippen molar-refractivity contribution in [1.82, 2.24) is 9.78 Å². The standard InChI is InChI=1S/C18H16F3N3S/c19-18(20,21)25-17-9-5-4-8-16(17)22-10-15-11-23-24(13-15)12-14-6-2-1-3-7-14/h1-9,11,13,22H,10,12H2. The number of nitrogens with zero attached hydrogens (tertiary/aromatic N) is 2. The van der Waals surface area contributed by atoms with Gasteiger partial charge in [0.2, 0.25) is 0 Å². The van der Waals surface area contributed by atoms with Crippen molar-refractivity contribution in [3.05, 3.63) is 78.1 Å². The molecule has 0 aliphatic carbocycles. The van der Waals surface area contributed by atoms with E-state index in [1.54, 1.807) is 24.4 Å². The molecule has 130 valence electrons. The Balaban J connectivity index is 1.63. The van der Waals surface area contributed by atoms with Crippen LogP contribution in [-0.4, -0.2) is 15.3 Å². The maximum Gasteiger partial charge on any atom is 0.446 e. The Labute approximate surface area is 147 Å².